The van der Waals surface area contributed by atoms with E-state index in [0.717, 1.165) is 45.3 Å². The zero-order chi connectivity index (χ0) is 32.1. The monoisotopic (exact) mass is 627 g/mol. The number of ether oxygens (including phenoxy) is 1. The average Bonchev–Trinajstić information content (AvgIpc) is 3.66. The Morgan fingerprint density at radius 2 is 1.20 bits per heavy atom. The second-order valence-corrected chi connectivity index (χ2v) is 13.1. The van der Waals surface area contributed by atoms with Gasteiger partial charge in [-0.3, -0.25) is 4.57 Å². The summed E-state index contributed by atoms with van der Waals surface area (Å²) in [6.07, 6.45) is 0. The van der Waals surface area contributed by atoms with Crippen molar-refractivity contribution in [3.8, 4) is 22.6 Å². The van der Waals surface area contributed by atoms with E-state index in [0.29, 0.717) is 0 Å². The maximum atomic E-state index is 6.60. The van der Waals surface area contributed by atoms with Crippen LogP contribution in [0.1, 0.15) is 39.4 Å². The van der Waals surface area contributed by atoms with Crippen LogP contribution in [0.3, 0.4) is 0 Å². The third-order valence-electron chi connectivity index (χ3n) is 10.7. The maximum absolute atomic E-state index is 6.60. The lowest BCUT2D eigenvalue weighted by Gasteiger charge is -2.39. The number of nitrogens with one attached hydrogen (secondary N) is 1. The van der Waals surface area contributed by atoms with Gasteiger partial charge in [-0.2, -0.15) is 0 Å². The molecular weight excluding hydrogens is 599 g/mol. The third-order valence-corrected chi connectivity index (χ3v) is 10.7. The van der Waals surface area contributed by atoms with Crippen LogP contribution in [0.15, 0.2) is 169 Å². The summed E-state index contributed by atoms with van der Waals surface area (Å²) in [6, 6.07) is 58.5. The van der Waals surface area contributed by atoms with Crippen LogP contribution < -0.4 is 10.1 Å². The van der Waals surface area contributed by atoms with Crippen LogP contribution >= 0.6 is 0 Å². The molecule has 4 heteroatoms. The molecule has 4 nitrogen and oxygen atoms in total. The van der Waals surface area contributed by atoms with Crippen LogP contribution in [0.25, 0.3) is 32.9 Å². The summed E-state index contributed by atoms with van der Waals surface area (Å²) < 4.78 is 8.98. The molecule has 1 spiro atoms. The Morgan fingerprint density at radius 3 is 2.02 bits per heavy atom. The molecule has 0 radical (unpaired) electrons. The van der Waals surface area contributed by atoms with E-state index in [1.807, 2.05) is 0 Å². The molecule has 0 saturated carbocycles. The van der Waals surface area contributed by atoms with E-state index < -0.39 is 5.41 Å². The molecule has 1 unspecified atom stereocenters. The van der Waals surface area contributed by atoms with E-state index >= 15 is 0 Å². The number of anilines is 1. The van der Waals surface area contributed by atoms with Gasteiger partial charge in [0.1, 0.15) is 17.5 Å². The zero-order valence-electron chi connectivity index (χ0n) is 26.5. The zero-order valence-corrected chi connectivity index (χ0v) is 26.5. The number of nitrogens with zero attached hydrogens (tertiary/aromatic N) is 2. The summed E-state index contributed by atoms with van der Waals surface area (Å²) in [4.78, 5) is 5.54. The number of aromatic nitrogens is 1. The lowest BCUT2D eigenvalue weighted by Crippen LogP contribution is -2.32. The van der Waals surface area contributed by atoms with Gasteiger partial charge < -0.3 is 10.1 Å². The van der Waals surface area contributed by atoms with E-state index in [1.165, 1.54) is 44.2 Å². The van der Waals surface area contributed by atoms with Crippen molar-refractivity contribution in [2.75, 3.05) is 5.32 Å². The SMILES string of the molecule is c1ccc(C2N=C(n3c4ccccc4c4ccc5c(c43)-c3ccccc3C53c4ccccc4Oc4ccccc43)Nc3ccccc32)cc1. The Hall–Kier alpha value is -6.39. The van der Waals surface area contributed by atoms with Gasteiger partial charge in [0, 0.05) is 38.7 Å². The number of hydrogen-bond donors (Lipinski definition) is 1. The normalized spacial score (nSPS) is 16.2. The van der Waals surface area contributed by atoms with Crippen molar-refractivity contribution in [3.05, 3.63) is 197 Å². The molecule has 3 aliphatic rings. The highest BCUT2D eigenvalue weighted by Gasteiger charge is 2.51. The largest absolute Gasteiger partial charge is 0.457 e. The van der Waals surface area contributed by atoms with Gasteiger partial charge in [-0.05, 0) is 46.5 Å². The van der Waals surface area contributed by atoms with Crippen molar-refractivity contribution >= 4 is 33.5 Å². The summed E-state index contributed by atoms with van der Waals surface area (Å²) in [5, 5.41) is 6.20. The molecule has 1 aromatic heterocycles. The number of fused-ring (bicyclic) bond motifs is 14. The fourth-order valence-corrected chi connectivity index (χ4v) is 8.81. The van der Waals surface area contributed by atoms with Crippen LogP contribution in [0.5, 0.6) is 11.5 Å². The standard InChI is InChI=1S/C45H29N3O/c1-2-14-28(15-3-1)42-32-18-5-10-22-37(32)46-44(47-42)48-38-23-11-6-16-29(38)30-26-27-36-41(43(30)48)31-17-4-7-19-33(31)45(36)34-20-8-12-24-39(34)49-40-25-13-9-21-35(40)45/h1-27,42H,(H,46,47). The number of benzene rings is 7. The Kier molecular flexibility index (Phi) is 5.34. The second kappa shape index (κ2) is 9.82. The van der Waals surface area contributed by atoms with Crippen molar-refractivity contribution < 1.29 is 4.74 Å². The number of para-hydroxylation sites is 4. The van der Waals surface area contributed by atoms with Crippen molar-refractivity contribution in [2.24, 2.45) is 4.99 Å². The smallest absolute Gasteiger partial charge is 0.208 e. The van der Waals surface area contributed by atoms with Crippen LogP contribution in [-0.4, -0.2) is 10.5 Å². The molecule has 1 aliphatic carbocycles. The first-order valence-electron chi connectivity index (χ1n) is 16.8. The number of hydrogen-bond acceptors (Lipinski definition) is 3. The Balaban J connectivity index is 1.29. The Bertz CT molecular complexity index is 2640. The Labute approximate surface area is 283 Å². The first kappa shape index (κ1) is 26.7. The first-order chi connectivity index (χ1) is 24.3. The van der Waals surface area contributed by atoms with Gasteiger partial charge in [-0.1, -0.05) is 140 Å². The van der Waals surface area contributed by atoms with E-state index in [4.69, 9.17) is 9.73 Å². The fourth-order valence-electron chi connectivity index (χ4n) is 8.81. The summed E-state index contributed by atoms with van der Waals surface area (Å²) in [6.45, 7) is 0. The third kappa shape index (κ3) is 3.45. The highest BCUT2D eigenvalue weighted by atomic mass is 16.5. The van der Waals surface area contributed by atoms with Gasteiger partial charge in [0.25, 0.3) is 0 Å². The summed E-state index contributed by atoms with van der Waals surface area (Å²) in [5.74, 6) is 2.61. The molecule has 1 atom stereocenters. The average molecular weight is 628 g/mol. The predicted octanol–water partition coefficient (Wildman–Crippen LogP) is 10.7. The van der Waals surface area contributed by atoms with Crippen LogP contribution in [-0.2, 0) is 5.41 Å². The van der Waals surface area contributed by atoms with Gasteiger partial charge in [0.2, 0.25) is 5.96 Å². The number of aliphatic imine (C=N–C) groups is 1. The molecule has 0 saturated heterocycles. The molecule has 49 heavy (non-hydrogen) atoms. The van der Waals surface area contributed by atoms with Crippen LogP contribution in [0.4, 0.5) is 5.69 Å². The summed E-state index contributed by atoms with van der Waals surface area (Å²) in [5.41, 5.74) is 12.4. The molecule has 230 valence electrons. The number of rotatable bonds is 1. The predicted molar refractivity (Wildman–Crippen MR) is 198 cm³/mol. The molecular formula is C45H29N3O. The molecule has 1 N–H and O–H groups in total. The van der Waals surface area contributed by atoms with E-state index in [9.17, 15) is 0 Å². The lowest BCUT2D eigenvalue weighted by molar-refractivity contribution is 0.436. The maximum Gasteiger partial charge on any atom is 0.208 e. The molecule has 2 aliphatic heterocycles. The highest BCUT2D eigenvalue weighted by Crippen LogP contribution is 2.63. The van der Waals surface area contributed by atoms with Crippen molar-refractivity contribution in [1.82, 2.24) is 4.57 Å². The van der Waals surface area contributed by atoms with Crippen LogP contribution in [0, 0.1) is 0 Å². The van der Waals surface area contributed by atoms with Crippen molar-refractivity contribution in [3.63, 3.8) is 0 Å². The molecule has 8 aromatic rings. The fraction of sp³-hybridized carbons (Fsp3) is 0.0444. The van der Waals surface area contributed by atoms with E-state index in [2.05, 4.69) is 174 Å². The highest BCUT2D eigenvalue weighted by molar-refractivity contribution is 6.21. The minimum atomic E-state index is -0.548. The topological polar surface area (TPSA) is 38.5 Å². The van der Waals surface area contributed by atoms with Gasteiger partial charge in [0.15, 0.2) is 0 Å². The first-order valence-corrected chi connectivity index (χ1v) is 16.8. The second-order valence-electron chi connectivity index (χ2n) is 13.1. The van der Waals surface area contributed by atoms with E-state index in [-0.39, 0.29) is 6.04 Å². The van der Waals surface area contributed by atoms with Crippen molar-refractivity contribution in [1.29, 1.82) is 0 Å². The molecule has 0 bridgehead atoms. The minimum Gasteiger partial charge on any atom is -0.457 e. The van der Waals surface area contributed by atoms with E-state index in [1.54, 1.807) is 0 Å². The van der Waals surface area contributed by atoms with Crippen LogP contribution in [0.2, 0.25) is 0 Å². The lowest BCUT2D eigenvalue weighted by atomic mass is 9.66. The van der Waals surface area contributed by atoms with Gasteiger partial charge >= 0.3 is 0 Å². The minimum absolute atomic E-state index is 0.144. The van der Waals surface area contributed by atoms with Gasteiger partial charge in [0.05, 0.1) is 16.4 Å². The molecule has 7 aromatic carbocycles. The summed E-state index contributed by atoms with van der Waals surface area (Å²) >= 11 is 0. The Morgan fingerprint density at radius 1 is 0.551 bits per heavy atom. The molecule has 11 rings (SSSR count). The van der Waals surface area contributed by atoms with Crippen molar-refractivity contribution in [2.45, 2.75) is 11.5 Å². The van der Waals surface area contributed by atoms with Gasteiger partial charge in [-0.25, -0.2) is 4.99 Å². The van der Waals surface area contributed by atoms with Gasteiger partial charge in [-0.15, -0.1) is 0 Å². The summed E-state index contributed by atoms with van der Waals surface area (Å²) in [7, 11) is 0. The quantitative estimate of drug-likeness (QED) is 0.197. The molecule has 3 heterocycles. The molecule has 0 fully saturated rings. The molecule has 0 amide bonds.